The normalized spacial score (nSPS) is 13.9. The number of rotatable bonds is 4. The van der Waals surface area contributed by atoms with Crippen molar-refractivity contribution in [1.29, 1.82) is 0 Å². The Morgan fingerprint density at radius 3 is 1.61 bits per heavy atom. The molecule has 0 saturated carbocycles. The van der Waals surface area contributed by atoms with Crippen molar-refractivity contribution in [3.8, 4) is 0 Å². The zero-order valence-electron chi connectivity index (χ0n) is 10.5. The zero-order valence-corrected chi connectivity index (χ0v) is 11.6. The van der Waals surface area contributed by atoms with Gasteiger partial charge in [0.05, 0.1) is 0 Å². The maximum absolute atomic E-state index is 5.95. The number of hydrogen-bond donors (Lipinski definition) is 0. The fraction of sp³-hybridized carbons (Fsp3) is 0.125. The first-order valence-electron chi connectivity index (χ1n) is 6.38. The monoisotopic (exact) mass is 250 g/mol. The van der Waals surface area contributed by atoms with Gasteiger partial charge in [-0.1, -0.05) is 69.5 Å². The van der Waals surface area contributed by atoms with E-state index < -0.39 is 14.5 Å². The first-order chi connectivity index (χ1) is 8.92. The average Bonchev–Trinajstić information content (AvgIpc) is 3.15. The first kappa shape index (κ1) is 11.7. The van der Waals surface area contributed by atoms with Crippen molar-refractivity contribution in [2.24, 2.45) is 0 Å². The minimum atomic E-state index is -1.27. The molecule has 1 aliphatic heterocycles. The van der Waals surface area contributed by atoms with Crippen LogP contribution in [0.25, 0.3) is 8.87 Å². The molecule has 0 unspecified atom stereocenters. The van der Waals surface area contributed by atoms with Crippen molar-refractivity contribution in [3.63, 3.8) is 0 Å². The Morgan fingerprint density at radius 2 is 1.22 bits per heavy atom. The van der Waals surface area contributed by atoms with Gasteiger partial charge in [0.2, 0.25) is 0 Å². The summed E-state index contributed by atoms with van der Waals surface area (Å²) in [5.74, 6) is 0. The molecule has 0 aromatic heterocycles. The van der Waals surface area contributed by atoms with Crippen molar-refractivity contribution in [3.05, 3.63) is 71.8 Å². The second kappa shape index (κ2) is 5.12. The van der Waals surface area contributed by atoms with Crippen molar-refractivity contribution in [1.82, 2.24) is 0 Å². The van der Waals surface area contributed by atoms with Gasteiger partial charge in [-0.3, -0.25) is 0 Å². The molecule has 1 aliphatic rings. The molecule has 0 radical (unpaired) electrons. The first-order valence-corrected chi connectivity index (χ1v) is 8.01. The lowest BCUT2D eigenvalue weighted by Gasteiger charge is -1.97. The second-order valence-electron chi connectivity index (χ2n) is 4.39. The molecule has 1 heterocycles. The second-order valence-corrected chi connectivity index (χ2v) is 6.64. The van der Waals surface area contributed by atoms with Gasteiger partial charge in [-0.05, 0) is 18.1 Å². The molecule has 18 heavy (non-hydrogen) atoms. The van der Waals surface area contributed by atoms with Gasteiger partial charge in [-0.25, -0.2) is 0 Å². The molecule has 3 rings (SSSR count). The topological polar surface area (TPSA) is 9.23 Å². The van der Waals surface area contributed by atoms with Crippen LogP contribution in [0.2, 0.25) is 0 Å². The Labute approximate surface area is 112 Å². The summed E-state index contributed by atoms with van der Waals surface area (Å²) in [6, 6.07) is 21.3. The minimum absolute atomic E-state index is 0.809. The van der Waals surface area contributed by atoms with Crippen molar-refractivity contribution < 1.29 is 3.79 Å². The van der Waals surface area contributed by atoms with Crippen LogP contribution in [-0.2, 0) is 3.79 Å². The minimum Gasteiger partial charge on any atom is -0.494 e. The van der Waals surface area contributed by atoms with E-state index >= 15 is 0 Å². The Kier molecular flexibility index (Phi) is 3.34. The molecule has 0 saturated heterocycles. The largest absolute Gasteiger partial charge is 0.543 e. The maximum atomic E-state index is 5.95. The summed E-state index contributed by atoms with van der Waals surface area (Å²) < 4.78 is 8.90. The van der Waals surface area contributed by atoms with E-state index in [2.05, 4.69) is 67.6 Å². The standard InChI is InChI=1S/C14H10.C2H5O.Al/c1-3-7-13(8-4-1)11-12-14-9-5-2-6-10-14;1-2-3;/h1-10H;2H2,1H3;/q;-1;+1. The van der Waals surface area contributed by atoms with E-state index in [0.717, 1.165) is 6.61 Å². The van der Waals surface area contributed by atoms with Gasteiger partial charge in [0.15, 0.2) is 0 Å². The van der Waals surface area contributed by atoms with Crippen LogP contribution in [0.15, 0.2) is 60.7 Å². The number of hydrogen-bond acceptors (Lipinski definition) is 1. The molecule has 2 aromatic carbocycles. The van der Waals surface area contributed by atoms with Gasteiger partial charge in [0.25, 0.3) is 0 Å². The summed E-state index contributed by atoms with van der Waals surface area (Å²) in [6.45, 7) is 2.89. The molecule has 0 spiro atoms. The third kappa shape index (κ3) is 2.16. The maximum Gasteiger partial charge on any atom is 0.543 e. The molecule has 0 bridgehead atoms. The van der Waals surface area contributed by atoms with Gasteiger partial charge >= 0.3 is 14.5 Å². The van der Waals surface area contributed by atoms with Crippen LogP contribution in [0, 0.1) is 0 Å². The molecule has 0 aliphatic carbocycles. The third-order valence-corrected chi connectivity index (χ3v) is 5.90. The molecule has 0 N–H and O–H groups in total. The highest BCUT2D eigenvalue weighted by Gasteiger charge is 2.47. The van der Waals surface area contributed by atoms with Crippen molar-refractivity contribution in [2.75, 3.05) is 6.61 Å². The highest BCUT2D eigenvalue weighted by molar-refractivity contribution is 7.07. The summed E-state index contributed by atoms with van der Waals surface area (Å²) in [5.41, 5.74) is 2.67. The van der Waals surface area contributed by atoms with Crippen LogP contribution in [0.1, 0.15) is 18.1 Å². The zero-order chi connectivity index (χ0) is 12.4. The van der Waals surface area contributed by atoms with Gasteiger partial charge in [0, 0.05) is 6.61 Å². The van der Waals surface area contributed by atoms with Crippen LogP contribution in [0.3, 0.4) is 0 Å². The number of benzene rings is 2. The SMILES string of the molecule is CC[O][Al]1[C](c2ccccc2)=[C]1c1ccccc1. The molecule has 2 aromatic rings. The van der Waals surface area contributed by atoms with E-state index in [4.69, 9.17) is 3.79 Å². The van der Waals surface area contributed by atoms with E-state index in [1.807, 2.05) is 0 Å². The average molecular weight is 250 g/mol. The Hall–Kier alpha value is -1.33. The van der Waals surface area contributed by atoms with E-state index in [1.54, 1.807) is 0 Å². The molecule has 0 atom stereocenters. The molecule has 2 heteroatoms. The highest BCUT2D eigenvalue weighted by Crippen LogP contribution is 2.45. The third-order valence-electron chi connectivity index (χ3n) is 3.23. The molecule has 0 amide bonds. The van der Waals surface area contributed by atoms with E-state index in [0.29, 0.717) is 0 Å². The lowest BCUT2D eigenvalue weighted by Crippen LogP contribution is -2.04. The molecular weight excluding hydrogens is 235 g/mol. The predicted octanol–water partition coefficient (Wildman–Crippen LogP) is 3.72. The fourth-order valence-corrected chi connectivity index (χ4v) is 4.98. The van der Waals surface area contributed by atoms with Crippen LogP contribution >= 0.6 is 0 Å². The van der Waals surface area contributed by atoms with Crippen LogP contribution in [0.5, 0.6) is 0 Å². The lowest BCUT2D eigenvalue weighted by molar-refractivity contribution is 0.363. The van der Waals surface area contributed by atoms with E-state index in [1.165, 1.54) is 20.0 Å². The van der Waals surface area contributed by atoms with Crippen LogP contribution in [0.4, 0.5) is 0 Å². The summed E-state index contributed by atoms with van der Waals surface area (Å²) in [4.78, 5) is 0. The lowest BCUT2D eigenvalue weighted by atomic mass is 10.1. The van der Waals surface area contributed by atoms with Gasteiger partial charge < -0.3 is 3.79 Å². The summed E-state index contributed by atoms with van der Waals surface area (Å²) in [5, 5.41) is 0. The summed E-state index contributed by atoms with van der Waals surface area (Å²) >= 11 is -1.27. The molecule has 1 nitrogen and oxygen atoms in total. The fourth-order valence-electron chi connectivity index (χ4n) is 2.38. The molecule has 0 fully saturated rings. The Bertz CT molecular complexity index is 511. The predicted molar refractivity (Wildman–Crippen MR) is 77.1 cm³/mol. The van der Waals surface area contributed by atoms with Gasteiger partial charge in [0.1, 0.15) is 0 Å². The Morgan fingerprint density at radius 1 is 0.778 bits per heavy atom. The highest BCUT2D eigenvalue weighted by atomic mass is 27.2. The van der Waals surface area contributed by atoms with E-state index in [-0.39, 0.29) is 0 Å². The molecule has 88 valence electrons. The smallest absolute Gasteiger partial charge is 0.494 e. The van der Waals surface area contributed by atoms with Gasteiger partial charge in [-0.15, -0.1) is 0 Å². The summed E-state index contributed by atoms with van der Waals surface area (Å²) in [6.07, 6.45) is 0. The Balaban J connectivity index is 1.97. The van der Waals surface area contributed by atoms with Gasteiger partial charge in [-0.2, -0.15) is 0 Å². The summed E-state index contributed by atoms with van der Waals surface area (Å²) in [7, 11) is 0. The quantitative estimate of drug-likeness (QED) is 0.751. The van der Waals surface area contributed by atoms with Crippen LogP contribution < -0.4 is 0 Å². The van der Waals surface area contributed by atoms with Crippen molar-refractivity contribution >= 4 is 23.4 Å². The van der Waals surface area contributed by atoms with Crippen molar-refractivity contribution in [2.45, 2.75) is 6.92 Å². The molecular formula is C16H15AlO. The van der Waals surface area contributed by atoms with E-state index in [9.17, 15) is 0 Å². The van der Waals surface area contributed by atoms with Crippen LogP contribution in [-0.4, -0.2) is 21.1 Å².